The number of hydrogen-bond acceptors (Lipinski definition) is 3. The molecule has 11 heavy (non-hydrogen) atoms. The predicted octanol–water partition coefficient (Wildman–Crippen LogP) is 0.491. The summed E-state index contributed by atoms with van der Waals surface area (Å²) in [6.45, 7) is 0. The van der Waals surface area contributed by atoms with E-state index in [0.717, 1.165) is 0 Å². The first kappa shape index (κ1) is 8.25. The highest BCUT2D eigenvalue weighted by molar-refractivity contribution is 14.1. The molecule has 1 aromatic rings. The molecule has 0 spiro atoms. The number of amides is 1. The second-order valence-electron chi connectivity index (χ2n) is 1.89. The lowest BCUT2D eigenvalue weighted by Crippen LogP contribution is -2.14. The van der Waals surface area contributed by atoms with E-state index in [4.69, 9.17) is 10.8 Å². The van der Waals surface area contributed by atoms with Crippen LogP contribution in [-0.4, -0.2) is 16.0 Å². The van der Waals surface area contributed by atoms with E-state index in [-0.39, 0.29) is 11.4 Å². The van der Waals surface area contributed by atoms with E-state index in [9.17, 15) is 4.79 Å². The molecule has 0 fully saturated rings. The van der Waals surface area contributed by atoms with E-state index >= 15 is 0 Å². The molecule has 0 unspecified atom stereocenters. The Morgan fingerprint density at radius 3 is 2.82 bits per heavy atom. The van der Waals surface area contributed by atoms with Crippen molar-refractivity contribution >= 4 is 28.5 Å². The summed E-state index contributed by atoms with van der Waals surface area (Å²) in [5.74, 6) is -0.561. The fraction of sp³-hybridized carbons (Fsp3) is 0. The maximum atomic E-state index is 10.6. The molecule has 0 aliphatic carbocycles. The lowest BCUT2D eigenvalue weighted by atomic mass is 10.3. The molecule has 0 aromatic carbocycles. The summed E-state index contributed by atoms with van der Waals surface area (Å²) in [4.78, 5) is 14.3. The van der Waals surface area contributed by atoms with Gasteiger partial charge in [-0.05, 0) is 28.7 Å². The second-order valence-corrected chi connectivity index (χ2v) is 3.05. The summed E-state index contributed by atoms with van der Waals surface area (Å²) in [7, 11) is 0. The minimum Gasteiger partial charge on any atom is -0.506 e. The van der Waals surface area contributed by atoms with Crippen molar-refractivity contribution in [3.8, 4) is 5.75 Å². The third kappa shape index (κ3) is 1.79. The van der Waals surface area contributed by atoms with Gasteiger partial charge in [-0.1, -0.05) is 0 Å². The lowest BCUT2D eigenvalue weighted by molar-refractivity contribution is 0.0994. The summed E-state index contributed by atoms with van der Waals surface area (Å²) in [6, 6.07) is 1.42. The molecule has 1 heterocycles. The topological polar surface area (TPSA) is 76.2 Å². The number of pyridine rings is 1. The third-order valence-electron chi connectivity index (χ3n) is 1.06. The maximum Gasteiger partial charge on any atom is 0.268 e. The number of hydrogen-bond donors (Lipinski definition) is 2. The van der Waals surface area contributed by atoms with Crippen LogP contribution in [0.1, 0.15) is 10.5 Å². The molecule has 4 nitrogen and oxygen atoms in total. The maximum absolute atomic E-state index is 10.6. The average molecular weight is 264 g/mol. The van der Waals surface area contributed by atoms with Crippen LogP contribution >= 0.6 is 22.6 Å². The Kier molecular flexibility index (Phi) is 2.28. The third-order valence-corrected chi connectivity index (χ3v) is 1.88. The molecule has 1 amide bonds. The molecule has 1 aromatic heterocycles. The molecule has 0 bridgehead atoms. The van der Waals surface area contributed by atoms with Crippen molar-refractivity contribution in [3.63, 3.8) is 0 Å². The molecule has 0 saturated carbocycles. The minimum atomic E-state index is -0.589. The van der Waals surface area contributed by atoms with Crippen molar-refractivity contribution < 1.29 is 9.90 Å². The number of nitrogens with zero attached hydrogens (tertiary/aromatic N) is 1. The van der Waals surface area contributed by atoms with E-state index < -0.39 is 5.91 Å². The van der Waals surface area contributed by atoms with Gasteiger partial charge < -0.3 is 10.8 Å². The molecule has 58 valence electrons. The standard InChI is InChI=1S/C6H5IN2O2/c7-4-1-3(10)2-9-5(4)6(8)11/h1-2,10H,(H2,8,11). The van der Waals surface area contributed by atoms with Crippen LogP contribution < -0.4 is 5.73 Å². The van der Waals surface area contributed by atoms with Gasteiger partial charge in [0.05, 0.1) is 6.20 Å². The predicted molar refractivity (Wildman–Crippen MR) is 47.1 cm³/mol. The first-order valence-electron chi connectivity index (χ1n) is 2.75. The molecule has 3 N–H and O–H groups in total. The number of carbonyl (C=O) groups is 1. The van der Waals surface area contributed by atoms with Gasteiger partial charge >= 0.3 is 0 Å². The van der Waals surface area contributed by atoms with Crippen molar-refractivity contribution in [2.75, 3.05) is 0 Å². The first-order chi connectivity index (χ1) is 5.11. The van der Waals surface area contributed by atoms with Gasteiger partial charge in [-0.25, -0.2) is 4.98 Å². The molecule has 5 heteroatoms. The van der Waals surface area contributed by atoms with Crippen LogP contribution in [0, 0.1) is 3.57 Å². The Morgan fingerprint density at radius 2 is 2.36 bits per heavy atom. The van der Waals surface area contributed by atoms with Gasteiger partial charge in [-0.15, -0.1) is 0 Å². The van der Waals surface area contributed by atoms with E-state index in [1.54, 1.807) is 0 Å². The number of aromatic nitrogens is 1. The molecule has 0 radical (unpaired) electrons. The number of aromatic hydroxyl groups is 1. The molecule has 1 rings (SSSR count). The molecule has 0 saturated heterocycles. The zero-order valence-corrected chi connectivity index (χ0v) is 7.57. The van der Waals surface area contributed by atoms with Crippen LogP contribution in [0.3, 0.4) is 0 Å². The molecular formula is C6H5IN2O2. The zero-order chi connectivity index (χ0) is 8.43. The second kappa shape index (κ2) is 3.04. The van der Waals surface area contributed by atoms with Gasteiger partial charge in [0.1, 0.15) is 11.4 Å². The summed E-state index contributed by atoms with van der Waals surface area (Å²) >= 11 is 1.88. The highest BCUT2D eigenvalue weighted by Crippen LogP contribution is 2.14. The quantitative estimate of drug-likeness (QED) is 0.725. The van der Waals surface area contributed by atoms with Gasteiger partial charge in [0.15, 0.2) is 0 Å². The highest BCUT2D eigenvalue weighted by Gasteiger charge is 2.07. The van der Waals surface area contributed by atoms with Crippen LogP contribution in [0.4, 0.5) is 0 Å². The van der Waals surface area contributed by atoms with E-state index in [0.29, 0.717) is 3.57 Å². The van der Waals surface area contributed by atoms with E-state index in [1.807, 2.05) is 22.6 Å². The van der Waals surface area contributed by atoms with E-state index in [1.165, 1.54) is 12.3 Å². The molecule has 0 aliphatic heterocycles. The van der Waals surface area contributed by atoms with E-state index in [2.05, 4.69) is 4.98 Å². The van der Waals surface area contributed by atoms with Crippen LogP contribution in [0.15, 0.2) is 12.3 Å². The number of halogens is 1. The Bertz CT molecular complexity index is 301. The Balaban J connectivity index is 3.20. The normalized spacial score (nSPS) is 9.55. The van der Waals surface area contributed by atoms with Gasteiger partial charge in [-0.2, -0.15) is 0 Å². The SMILES string of the molecule is NC(=O)c1ncc(O)cc1I. The summed E-state index contributed by atoms with van der Waals surface area (Å²) in [5.41, 5.74) is 5.16. The number of rotatable bonds is 1. The summed E-state index contributed by atoms with van der Waals surface area (Å²) < 4.78 is 0.551. The van der Waals surface area contributed by atoms with Gasteiger partial charge in [-0.3, -0.25) is 4.79 Å². The Hall–Kier alpha value is -0.850. The fourth-order valence-corrected chi connectivity index (χ4v) is 1.33. The van der Waals surface area contributed by atoms with Crippen LogP contribution in [0.5, 0.6) is 5.75 Å². The van der Waals surface area contributed by atoms with Crippen molar-refractivity contribution in [2.45, 2.75) is 0 Å². The monoisotopic (exact) mass is 264 g/mol. The molecule has 0 atom stereocenters. The largest absolute Gasteiger partial charge is 0.506 e. The fourth-order valence-electron chi connectivity index (χ4n) is 0.609. The van der Waals surface area contributed by atoms with Gasteiger partial charge in [0.25, 0.3) is 5.91 Å². The van der Waals surface area contributed by atoms with Gasteiger partial charge in [0, 0.05) is 3.57 Å². The first-order valence-corrected chi connectivity index (χ1v) is 3.83. The molecular weight excluding hydrogens is 259 g/mol. The summed E-state index contributed by atoms with van der Waals surface area (Å²) in [6.07, 6.45) is 1.18. The minimum absolute atomic E-state index is 0.0272. The van der Waals surface area contributed by atoms with Crippen molar-refractivity contribution in [1.82, 2.24) is 4.98 Å². The lowest BCUT2D eigenvalue weighted by Gasteiger charge is -1.97. The van der Waals surface area contributed by atoms with Crippen LogP contribution in [0.25, 0.3) is 0 Å². The summed E-state index contributed by atoms with van der Waals surface area (Å²) in [5, 5.41) is 8.90. The van der Waals surface area contributed by atoms with Crippen molar-refractivity contribution in [3.05, 3.63) is 21.5 Å². The number of nitrogens with two attached hydrogens (primary N) is 1. The van der Waals surface area contributed by atoms with Crippen molar-refractivity contribution in [2.24, 2.45) is 5.73 Å². The Morgan fingerprint density at radius 1 is 1.73 bits per heavy atom. The van der Waals surface area contributed by atoms with Gasteiger partial charge in [0.2, 0.25) is 0 Å². The molecule has 0 aliphatic rings. The Labute approximate surface area is 76.6 Å². The number of primary amides is 1. The van der Waals surface area contributed by atoms with Crippen LogP contribution in [-0.2, 0) is 0 Å². The van der Waals surface area contributed by atoms with Crippen molar-refractivity contribution in [1.29, 1.82) is 0 Å². The highest BCUT2D eigenvalue weighted by atomic mass is 127. The smallest absolute Gasteiger partial charge is 0.268 e. The number of carbonyl (C=O) groups excluding carboxylic acids is 1. The zero-order valence-electron chi connectivity index (χ0n) is 5.41. The van der Waals surface area contributed by atoms with Crippen LogP contribution in [0.2, 0.25) is 0 Å². The average Bonchev–Trinajstić information content (AvgIpc) is 1.85.